The third kappa shape index (κ3) is 6.07. The lowest BCUT2D eigenvalue weighted by molar-refractivity contribution is 0.103. The molecule has 3 heterocycles. The lowest BCUT2D eigenvalue weighted by atomic mass is 10.3. The Morgan fingerprint density at radius 3 is 2.61 bits per heavy atom. The molecule has 0 atom stereocenters. The Bertz CT molecular complexity index is 1120. The number of nitrogens with one attached hydrogen (secondary N) is 2. The Kier molecular flexibility index (Phi) is 7.91. The largest absolute Gasteiger partial charge is 0.395 e. The van der Waals surface area contributed by atoms with Crippen molar-refractivity contribution < 1.29 is 9.90 Å². The predicted octanol–water partition coefficient (Wildman–Crippen LogP) is 3.88. The number of β-amino-alcohol motifs (C(OH)–C–C–N with tert-alkyl or cyclic N) is 1. The van der Waals surface area contributed by atoms with Gasteiger partial charge in [-0.1, -0.05) is 17.4 Å². The maximum atomic E-state index is 12.7. The highest BCUT2D eigenvalue weighted by atomic mass is 79.9. The third-order valence-electron chi connectivity index (χ3n) is 5.10. The number of benzene rings is 1. The van der Waals surface area contributed by atoms with E-state index in [9.17, 15) is 4.79 Å². The van der Waals surface area contributed by atoms with E-state index >= 15 is 0 Å². The molecule has 1 aliphatic heterocycles. The van der Waals surface area contributed by atoms with Crippen LogP contribution in [0.15, 0.2) is 39.4 Å². The second-order valence-electron chi connectivity index (χ2n) is 7.42. The summed E-state index contributed by atoms with van der Waals surface area (Å²) in [5.74, 6) is 1.89. The zero-order valence-electron chi connectivity index (χ0n) is 17.9. The van der Waals surface area contributed by atoms with Crippen molar-refractivity contribution in [3.63, 3.8) is 0 Å². The molecule has 0 aliphatic carbocycles. The maximum absolute atomic E-state index is 12.7. The molecule has 0 radical (unpaired) electrons. The molecule has 0 spiro atoms. The summed E-state index contributed by atoms with van der Waals surface area (Å²) in [4.78, 5) is 31.0. The van der Waals surface area contributed by atoms with Crippen LogP contribution in [-0.4, -0.2) is 70.2 Å². The van der Waals surface area contributed by atoms with Crippen molar-refractivity contribution in [1.29, 1.82) is 0 Å². The van der Waals surface area contributed by atoms with Crippen LogP contribution in [0, 0.1) is 6.92 Å². The van der Waals surface area contributed by atoms with Gasteiger partial charge >= 0.3 is 0 Å². The van der Waals surface area contributed by atoms with Gasteiger partial charge in [-0.15, -0.1) is 0 Å². The van der Waals surface area contributed by atoms with E-state index in [-0.39, 0.29) is 12.5 Å². The first-order valence-electron chi connectivity index (χ1n) is 10.3. The minimum absolute atomic E-state index is 0.175. The summed E-state index contributed by atoms with van der Waals surface area (Å²) >= 11 is 8.16. The molecule has 1 saturated heterocycles. The lowest BCUT2D eigenvalue weighted by Gasteiger charge is -2.35. The van der Waals surface area contributed by atoms with Crippen molar-refractivity contribution in [2.75, 3.05) is 54.9 Å². The number of hydrogen-bond acceptors (Lipinski definition) is 9. The highest BCUT2D eigenvalue weighted by Crippen LogP contribution is 2.32. The number of hydrogen-bond donors (Lipinski definition) is 3. The minimum Gasteiger partial charge on any atom is -0.395 e. The van der Waals surface area contributed by atoms with Crippen molar-refractivity contribution in [3.05, 3.63) is 50.1 Å². The van der Waals surface area contributed by atoms with Crippen molar-refractivity contribution in [1.82, 2.24) is 19.9 Å². The molecular formula is C21H23Br2N7O2S. The fraction of sp³-hybridized carbons (Fsp3) is 0.333. The number of nitrogens with zero attached hydrogens (tertiary/aromatic N) is 5. The number of rotatable bonds is 7. The average Bonchev–Trinajstić information content (AvgIpc) is 3.25. The third-order valence-corrected chi connectivity index (χ3v) is 7.34. The number of anilines is 4. The quantitative estimate of drug-likeness (QED) is 0.377. The van der Waals surface area contributed by atoms with Crippen LogP contribution >= 0.6 is 43.2 Å². The van der Waals surface area contributed by atoms with E-state index in [1.807, 2.05) is 31.2 Å². The minimum atomic E-state index is -0.242. The summed E-state index contributed by atoms with van der Waals surface area (Å²) in [7, 11) is 0. The van der Waals surface area contributed by atoms with Crippen LogP contribution in [0.3, 0.4) is 0 Å². The highest BCUT2D eigenvalue weighted by molar-refractivity contribution is 9.11. The molecule has 174 valence electrons. The number of piperazine rings is 1. The van der Waals surface area contributed by atoms with Crippen molar-refractivity contribution in [2.24, 2.45) is 0 Å². The number of carbonyl (C=O) groups is 1. The molecule has 9 nitrogen and oxygen atoms in total. The Labute approximate surface area is 212 Å². The Morgan fingerprint density at radius 1 is 1.18 bits per heavy atom. The van der Waals surface area contributed by atoms with Crippen molar-refractivity contribution in [2.45, 2.75) is 6.92 Å². The highest BCUT2D eigenvalue weighted by Gasteiger charge is 2.19. The van der Waals surface area contributed by atoms with E-state index in [1.165, 1.54) is 11.3 Å². The lowest BCUT2D eigenvalue weighted by Crippen LogP contribution is -2.47. The molecule has 12 heteroatoms. The second kappa shape index (κ2) is 10.9. The summed E-state index contributed by atoms with van der Waals surface area (Å²) < 4.78 is 1.57. The number of aryl methyl sites for hydroxylation is 1. The standard InChI is InChI=1S/C21H23Br2N7O2S/c1-13-25-17(11-18(26-13)30-7-5-29(6-8-30)9-10-31)27-21-24-12-16(33-21)20(32)28-19-14(22)3-2-4-15(19)23/h2-4,11-12,31H,5-10H2,1H3,(H,28,32)(H,24,25,26,27). The number of aliphatic hydroxyl groups excluding tert-OH is 1. The van der Waals surface area contributed by atoms with Crippen molar-refractivity contribution >= 4 is 71.6 Å². The maximum Gasteiger partial charge on any atom is 0.267 e. The summed E-state index contributed by atoms with van der Waals surface area (Å²) in [6.45, 7) is 6.16. The van der Waals surface area contributed by atoms with Crippen molar-refractivity contribution in [3.8, 4) is 0 Å². The van der Waals surface area contributed by atoms with E-state index in [1.54, 1.807) is 6.20 Å². The first kappa shape index (κ1) is 24.0. The Balaban J connectivity index is 1.43. The van der Waals surface area contributed by atoms with Crippen LogP contribution in [0.4, 0.5) is 22.5 Å². The first-order chi connectivity index (χ1) is 15.9. The molecule has 0 unspecified atom stereocenters. The summed E-state index contributed by atoms with van der Waals surface area (Å²) in [5, 5.41) is 15.8. The number of thiazole rings is 1. The molecule has 0 bridgehead atoms. The van der Waals surface area contributed by atoms with Gasteiger partial charge in [0.05, 0.1) is 18.5 Å². The normalized spacial score (nSPS) is 14.4. The average molecular weight is 597 g/mol. The van der Waals surface area contributed by atoms with Crippen LogP contribution in [0.2, 0.25) is 0 Å². The van der Waals surface area contributed by atoms with E-state index in [0.29, 0.717) is 33.9 Å². The van der Waals surface area contributed by atoms with E-state index < -0.39 is 0 Å². The zero-order valence-corrected chi connectivity index (χ0v) is 21.9. The fourth-order valence-electron chi connectivity index (χ4n) is 3.46. The van der Waals surface area contributed by atoms with Gasteiger partial charge in [0.25, 0.3) is 5.91 Å². The van der Waals surface area contributed by atoms with Crippen LogP contribution in [-0.2, 0) is 0 Å². The molecule has 0 saturated carbocycles. The number of aromatic nitrogens is 3. The smallest absolute Gasteiger partial charge is 0.267 e. The first-order valence-corrected chi connectivity index (χ1v) is 12.8. The fourth-order valence-corrected chi connectivity index (χ4v) is 5.37. The summed E-state index contributed by atoms with van der Waals surface area (Å²) in [5.41, 5.74) is 0.667. The molecule has 3 aromatic rings. The number of halogens is 2. The van der Waals surface area contributed by atoms with Gasteiger partial charge in [-0.25, -0.2) is 15.0 Å². The summed E-state index contributed by atoms with van der Waals surface area (Å²) in [6, 6.07) is 7.50. The number of carbonyl (C=O) groups excluding carboxylic acids is 1. The van der Waals surface area contributed by atoms with Crippen LogP contribution < -0.4 is 15.5 Å². The molecule has 1 aliphatic rings. The summed E-state index contributed by atoms with van der Waals surface area (Å²) in [6.07, 6.45) is 1.54. The SMILES string of the molecule is Cc1nc(Nc2ncc(C(=O)Nc3c(Br)cccc3Br)s2)cc(N2CCN(CCO)CC2)n1. The molecule has 2 aromatic heterocycles. The molecule has 33 heavy (non-hydrogen) atoms. The van der Waals surface area contributed by atoms with Crippen LogP contribution in [0.5, 0.6) is 0 Å². The van der Waals surface area contributed by atoms with Gasteiger partial charge in [0, 0.05) is 47.7 Å². The van der Waals surface area contributed by atoms with Crippen LogP contribution in [0.25, 0.3) is 0 Å². The van der Waals surface area contributed by atoms with Gasteiger partial charge in [0.15, 0.2) is 5.13 Å². The molecule has 4 rings (SSSR count). The molecular weight excluding hydrogens is 574 g/mol. The molecule has 1 aromatic carbocycles. The Hall–Kier alpha value is -2.12. The van der Waals surface area contributed by atoms with Gasteiger partial charge in [-0.3, -0.25) is 9.69 Å². The van der Waals surface area contributed by atoms with Gasteiger partial charge in [-0.2, -0.15) is 0 Å². The Morgan fingerprint density at radius 2 is 1.91 bits per heavy atom. The second-order valence-corrected chi connectivity index (χ2v) is 10.2. The number of aliphatic hydroxyl groups is 1. The van der Waals surface area contributed by atoms with Gasteiger partial charge in [0.1, 0.15) is 22.3 Å². The topological polar surface area (TPSA) is 107 Å². The zero-order chi connectivity index (χ0) is 23.4. The molecule has 1 fully saturated rings. The van der Waals surface area contributed by atoms with E-state index in [0.717, 1.165) is 40.9 Å². The van der Waals surface area contributed by atoms with Gasteiger partial charge < -0.3 is 20.6 Å². The van der Waals surface area contributed by atoms with Gasteiger partial charge in [-0.05, 0) is 50.9 Å². The molecule has 1 amide bonds. The molecule has 3 N–H and O–H groups in total. The predicted molar refractivity (Wildman–Crippen MR) is 138 cm³/mol. The van der Waals surface area contributed by atoms with E-state index in [4.69, 9.17) is 5.11 Å². The monoisotopic (exact) mass is 595 g/mol. The van der Waals surface area contributed by atoms with Gasteiger partial charge in [0.2, 0.25) is 0 Å². The van der Waals surface area contributed by atoms with Crippen LogP contribution in [0.1, 0.15) is 15.5 Å². The number of para-hydroxylation sites is 1. The van der Waals surface area contributed by atoms with E-state index in [2.05, 4.69) is 67.2 Å². The number of amides is 1.